The van der Waals surface area contributed by atoms with Crippen molar-refractivity contribution < 1.29 is 36.7 Å². The van der Waals surface area contributed by atoms with Crippen molar-refractivity contribution >= 4 is 77.3 Å². The van der Waals surface area contributed by atoms with Crippen LogP contribution in [0.15, 0.2) is 126 Å². The minimum Gasteiger partial charge on any atom is -0.465 e. The summed E-state index contributed by atoms with van der Waals surface area (Å²) >= 11 is 0. The van der Waals surface area contributed by atoms with Crippen molar-refractivity contribution in [2.45, 2.75) is 10.1 Å². The highest BCUT2D eigenvalue weighted by Gasteiger charge is 2.33. The van der Waals surface area contributed by atoms with Crippen molar-refractivity contribution in [3.8, 4) is 11.4 Å². The molecule has 10 nitrogen and oxygen atoms in total. The third-order valence-corrected chi connectivity index (χ3v) is 10.9. The summed E-state index contributed by atoms with van der Waals surface area (Å²) < 4.78 is 53.6. The Morgan fingerprint density at radius 2 is 0.904 bits per heavy atom. The minimum atomic E-state index is -0.766. The van der Waals surface area contributed by atoms with Crippen LogP contribution in [0.5, 0.6) is 0 Å². The maximum atomic E-state index is 14.2. The van der Waals surface area contributed by atoms with Gasteiger partial charge in [-0.1, -0.05) is 36.4 Å². The van der Waals surface area contributed by atoms with Gasteiger partial charge in [-0.05, 0) is 82.3 Å². The van der Waals surface area contributed by atoms with E-state index in [-0.39, 0.29) is 54.2 Å². The van der Waals surface area contributed by atoms with Gasteiger partial charge in [-0.25, -0.2) is 28.0 Å². The summed E-state index contributed by atoms with van der Waals surface area (Å²) in [5, 5.41) is 2.15. The lowest BCUT2D eigenvalue weighted by Crippen LogP contribution is -2.05. The molecule has 258 valence electrons. The molecular formula is C38H22F2N2O8S2. The lowest BCUT2D eigenvalue weighted by Gasteiger charge is -2.13. The first kappa shape index (κ1) is 33.0. The van der Waals surface area contributed by atoms with E-state index in [4.69, 9.17) is 18.3 Å². The number of fused-ring (bicyclic) bond motifs is 6. The van der Waals surface area contributed by atoms with Gasteiger partial charge in [-0.2, -0.15) is 0 Å². The van der Waals surface area contributed by atoms with E-state index in [1.54, 1.807) is 48.5 Å². The Hall–Kier alpha value is -6.12. The van der Waals surface area contributed by atoms with Crippen LogP contribution >= 0.6 is 21.6 Å². The number of aromatic nitrogens is 2. The molecule has 0 atom stereocenters. The molecule has 0 unspecified atom stereocenters. The number of hydrogen-bond acceptors (Lipinski definition) is 10. The van der Waals surface area contributed by atoms with Gasteiger partial charge in [-0.15, -0.1) is 0 Å². The van der Waals surface area contributed by atoms with Crippen LogP contribution in [0.3, 0.4) is 0 Å². The van der Waals surface area contributed by atoms with E-state index in [1.165, 1.54) is 71.9 Å². The van der Waals surface area contributed by atoms with Crippen LogP contribution in [-0.2, 0) is 9.47 Å². The van der Waals surface area contributed by atoms with Gasteiger partial charge in [0, 0.05) is 22.1 Å². The molecule has 0 radical (unpaired) electrons. The second kappa shape index (κ2) is 12.9. The molecule has 4 heterocycles. The molecule has 0 aliphatic rings. The van der Waals surface area contributed by atoms with E-state index in [0.717, 1.165) is 21.6 Å². The average Bonchev–Trinajstić information content (AvgIpc) is 3.66. The van der Waals surface area contributed by atoms with E-state index in [0.29, 0.717) is 22.1 Å². The zero-order valence-electron chi connectivity index (χ0n) is 27.0. The quantitative estimate of drug-likeness (QED) is 0.116. The number of halogens is 2. The Morgan fingerprint density at radius 1 is 0.558 bits per heavy atom. The van der Waals surface area contributed by atoms with Crippen LogP contribution in [0.4, 0.5) is 8.78 Å². The number of benzene rings is 4. The highest BCUT2D eigenvalue weighted by Crippen LogP contribution is 2.49. The van der Waals surface area contributed by atoms with Gasteiger partial charge in [0.15, 0.2) is 0 Å². The molecule has 52 heavy (non-hydrogen) atoms. The largest absolute Gasteiger partial charge is 0.465 e. The average molecular weight is 737 g/mol. The molecule has 14 heteroatoms. The van der Waals surface area contributed by atoms with Crippen LogP contribution < -0.4 is 11.3 Å². The molecule has 4 aromatic carbocycles. The van der Waals surface area contributed by atoms with Gasteiger partial charge in [0.2, 0.25) is 11.4 Å². The zero-order valence-corrected chi connectivity index (χ0v) is 28.6. The maximum absolute atomic E-state index is 14.2. The fraction of sp³-hybridized carbons (Fsp3) is 0.0526. The number of nitrogens with zero attached hydrogens (tertiary/aromatic N) is 2. The molecule has 0 spiro atoms. The fourth-order valence-electron chi connectivity index (χ4n) is 6.27. The van der Waals surface area contributed by atoms with Crippen molar-refractivity contribution in [2.24, 2.45) is 0 Å². The van der Waals surface area contributed by atoms with Crippen molar-refractivity contribution in [1.82, 2.24) is 9.13 Å². The van der Waals surface area contributed by atoms with E-state index in [2.05, 4.69) is 0 Å². The summed E-state index contributed by atoms with van der Waals surface area (Å²) in [5.74, 6) is -2.58. The van der Waals surface area contributed by atoms with Gasteiger partial charge < -0.3 is 18.3 Å². The zero-order chi connectivity index (χ0) is 36.3. The number of methoxy groups -OCH3 is 2. The van der Waals surface area contributed by atoms with Gasteiger partial charge in [-0.3, -0.25) is 9.13 Å². The number of esters is 2. The summed E-state index contributed by atoms with van der Waals surface area (Å²) in [6.07, 6.45) is 0. The first-order chi connectivity index (χ1) is 25.2. The molecule has 4 aromatic heterocycles. The smallest absolute Gasteiger partial charge is 0.345 e. The summed E-state index contributed by atoms with van der Waals surface area (Å²) in [6.45, 7) is 0. The van der Waals surface area contributed by atoms with Crippen LogP contribution in [0.2, 0.25) is 0 Å². The van der Waals surface area contributed by atoms with Gasteiger partial charge >= 0.3 is 23.2 Å². The number of carbonyl (C=O) groups excluding carboxylic acids is 2. The Morgan fingerprint density at radius 3 is 1.25 bits per heavy atom. The van der Waals surface area contributed by atoms with Crippen LogP contribution in [0.1, 0.15) is 20.7 Å². The molecule has 8 rings (SSSR count). The first-order valence-electron chi connectivity index (χ1n) is 15.4. The normalized spacial score (nSPS) is 11.5. The minimum absolute atomic E-state index is 0.0110. The van der Waals surface area contributed by atoms with Crippen molar-refractivity contribution in [3.63, 3.8) is 0 Å². The Bertz CT molecular complexity index is 2680. The lowest BCUT2D eigenvalue weighted by atomic mass is 10.1. The SMILES string of the molecule is COC(=O)c1c(SSc2c(C(=O)OC)c3c4ccccc4c(=O)oc3n2-c2ccc(F)cc2)n(-c2ccc(F)cc2)c2oc(=O)c3ccccc3c12. The summed E-state index contributed by atoms with van der Waals surface area (Å²) in [5.41, 5.74) is -0.627. The summed E-state index contributed by atoms with van der Waals surface area (Å²) in [6, 6.07) is 23.9. The molecule has 0 aliphatic heterocycles. The van der Waals surface area contributed by atoms with E-state index in [1.807, 2.05) is 0 Å². The fourth-order valence-corrected chi connectivity index (χ4v) is 8.91. The maximum Gasteiger partial charge on any atom is 0.345 e. The number of carbonyl (C=O) groups is 2. The molecular weight excluding hydrogens is 715 g/mol. The molecule has 0 bridgehead atoms. The molecule has 8 aromatic rings. The molecule has 0 N–H and O–H groups in total. The number of ether oxygens (including phenoxy) is 2. The Labute approximate surface area is 298 Å². The van der Waals surface area contributed by atoms with Gasteiger partial charge in [0.25, 0.3) is 0 Å². The number of hydrogen-bond donors (Lipinski definition) is 0. The second-order valence-electron chi connectivity index (χ2n) is 11.4. The van der Waals surface area contributed by atoms with Crippen LogP contribution in [-0.4, -0.2) is 35.3 Å². The first-order valence-corrected chi connectivity index (χ1v) is 17.6. The van der Waals surface area contributed by atoms with Gasteiger partial charge in [0.05, 0.1) is 35.8 Å². The van der Waals surface area contributed by atoms with Crippen molar-refractivity contribution in [2.75, 3.05) is 14.2 Å². The predicted octanol–water partition coefficient (Wildman–Crippen LogP) is 8.44. The summed E-state index contributed by atoms with van der Waals surface area (Å²) in [7, 11) is 4.40. The molecule has 0 fully saturated rings. The van der Waals surface area contributed by atoms with Crippen LogP contribution in [0.25, 0.3) is 55.1 Å². The standard InChI is InChI=1S/C38H22F2N2O8S2/c1-47-37(45)29-27-23-7-3-5-9-25(23)35(43)49-31(27)41(21-15-11-19(39)12-16-21)33(29)51-52-34-30(38(46)48-2)28-24-8-4-6-10-26(24)36(44)50-32(28)42(34)22-17-13-20(40)14-18-22/h3-18H,1-2H3. The third kappa shape index (κ3) is 5.17. The molecule has 0 saturated heterocycles. The topological polar surface area (TPSA) is 123 Å². The van der Waals surface area contributed by atoms with Crippen molar-refractivity contribution in [1.29, 1.82) is 0 Å². The van der Waals surface area contributed by atoms with Crippen molar-refractivity contribution in [3.05, 3.63) is 141 Å². The highest BCUT2D eigenvalue weighted by atomic mass is 33.1. The lowest BCUT2D eigenvalue weighted by molar-refractivity contribution is 0.0589. The van der Waals surface area contributed by atoms with E-state index >= 15 is 0 Å². The summed E-state index contributed by atoms with van der Waals surface area (Å²) in [4.78, 5) is 54.1. The second-order valence-corrected chi connectivity index (χ2v) is 13.5. The van der Waals surface area contributed by atoms with E-state index in [9.17, 15) is 28.0 Å². The number of rotatable bonds is 7. The molecule has 0 aliphatic carbocycles. The van der Waals surface area contributed by atoms with Gasteiger partial charge in [0.1, 0.15) is 32.8 Å². The van der Waals surface area contributed by atoms with E-state index < -0.39 is 34.8 Å². The predicted molar refractivity (Wildman–Crippen MR) is 193 cm³/mol. The molecule has 0 amide bonds. The Kier molecular flexibility index (Phi) is 8.19. The monoisotopic (exact) mass is 736 g/mol. The Balaban J connectivity index is 1.47. The molecule has 0 saturated carbocycles. The third-order valence-electron chi connectivity index (χ3n) is 8.53. The highest BCUT2D eigenvalue weighted by molar-refractivity contribution is 8.76. The van der Waals surface area contributed by atoms with Crippen LogP contribution in [0, 0.1) is 11.6 Å².